The molecular weight excluding hydrogens is 373 g/mol. The van der Waals surface area contributed by atoms with E-state index in [1.807, 2.05) is 6.07 Å². The van der Waals surface area contributed by atoms with Crippen LogP contribution in [0.4, 0.5) is 13.2 Å². The Balaban J connectivity index is 1.80. The molecule has 1 aliphatic rings. The molecule has 0 radical (unpaired) electrons. The predicted molar refractivity (Wildman–Crippen MR) is 91.8 cm³/mol. The van der Waals surface area contributed by atoms with Crippen LogP contribution in [0.3, 0.4) is 0 Å². The van der Waals surface area contributed by atoms with Gasteiger partial charge in [-0.3, -0.25) is 5.10 Å². The highest BCUT2D eigenvalue weighted by molar-refractivity contribution is 5.61. The van der Waals surface area contributed by atoms with Crippen molar-refractivity contribution in [1.29, 1.82) is 5.26 Å². The molecule has 0 aliphatic carbocycles. The molecular formula is C19H13F3N4O2. The van der Waals surface area contributed by atoms with E-state index in [0.717, 1.165) is 12.1 Å². The van der Waals surface area contributed by atoms with Crippen molar-refractivity contribution >= 4 is 0 Å². The second kappa shape index (κ2) is 6.20. The van der Waals surface area contributed by atoms with Crippen molar-refractivity contribution in [1.82, 2.24) is 10.2 Å². The summed E-state index contributed by atoms with van der Waals surface area (Å²) in [5, 5.41) is 16.3. The van der Waals surface area contributed by atoms with Gasteiger partial charge < -0.3 is 14.9 Å². The number of H-pyrrole nitrogens is 1. The minimum Gasteiger partial charge on any atom is -0.460 e. The maximum absolute atomic E-state index is 13.0. The number of nitrogens with one attached hydrogen (secondary N) is 1. The lowest BCUT2D eigenvalue weighted by Gasteiger charge is -2.21. The van der Waals surface area contributed by atoms with Crippen LogP contribution in [0, 0.1) is 18.3 Å². The Morgan fingerprint density at radius 3 is 2.75 bits per heavy atom. The van der Waals surface area contributed by atoms with Crippen LogP contribution in [0.5, 0.6) is 5.88 Å². The molecule has 1 atom stereocenters. The fraction of sp³-hybridized carbons (Fsp3) is 0.158. The SMILES string of the molecule is Cc1[nH]nc2c1[C@H](c1ccc(-c3cccc(C(F)(F)F)c3)o1)C(C#N)=C(N)O2. The zero-order chi connectivity index (χ0) is 20.1. The highest BCUT2D eigenvalue weighted by atomic mass is 19.4. The number of nitrogens with two attached hydrogens (primary N) is 1. The van der Waals surface area contributed by atoms with E-state index in [0.29, 0.717) is 17.0 Å². The number of aryl methyl sites for hydroxylation is 1. The summed E-state index contributed by atoms with van der Waals surface area (Å²) < 4.78 is 50.2. The molecule has 28 heavy (non-hydrogen) atoms. The summed E-state index contributed by atoms with van der Waals surface area (Å²) in [7, 11) is 0. The Labute approximate surface area is 157 Å². The summed E-state index contributed by atoms with van der Waals surface area (Å²) in [5.41, 5.74) is 6.74. The number of furan rings is 1. The number of ether oxygens (including phenoxy) is 1. The summed E-state index contributed by atoms with van der Waals surface area (Å²) in [6, 6.07) is 10.0. The number of alkyl halides is 3. The number of halogens is 3. The third kappa shape index (κ3) is 2.79. The molecule has 0 saturated heterocycles. The molecule has 3 aromatic rings. The molecule has 9 heteroatoms. The monoisotopic (exact) mass is 386 g/mol. The third-order valence-electron chi connectivity index (χ3n) is 4.52. The number of aromatic amines is 1. The van der Waals surface area contributed by atoms with Crippen molar-refractivity contribution in [3.8, 4) is 23.3 Å². The number of benzene rings is 1. The molecule has 0 bridgehead atoms. The van der Waals surface area contributed by atoms with E-state index in [9.17, 15) is 18.4 Å². The first-order chi connectivity index (χ1) is 13.3. The lowest BCUT2D eigenvalue weighted by molar-refractivity contribution is -0.137. The van der Waals surface area contributed by atoms with Crippen LogP contribution >= 0.6 is 0 Å². The minimum absolute atomic E-state index is 0.0940. The van der Waals surface area contributed by atoms with E-state index in [2.05, 4.69) is 10.2 Å². The average Bonchev–Trinajstić information content (AvgIpc) is 3.27. The number of hydrogen-bond donors (Lipinski definition) is 2. The van der Waals surface area contributed by atoms with Gasteiger partial charge in [-0.25, -0.2) is 0 Å². The number of rotatable bonds is 2. The van der Waals surface area contributed by atoms with E-state index in [-0.39, 0.29) is 28.7 Å². The molecule has 0 saturated carbocycles. The first-order valence-corrected chi connectivity index (χ1v) is 8.19. The number of aromatic nitrogens is 2. The quantitative estimate of drug-likeness (QED) is 0.687. The summed E-state index contributed by atoms with van der Waals surface area (Å²) in [5.74, 6) is 0.0544. The van der Waals surface area contributed by atoms with Crippen LogP contribution in [-0.4, -0.2) is 10.2 Å². The van der Waals surface area contributed by atoms with E-state index < -0.39 is 17.7 Å². The van der Waals surface area contributed by atoms with E-state index in [1.54, 1.807) is 19.1 Å². The Hall–Kier alpha value is -3.67. The Kier molecular flexibility index (Phi) is 3.92. The van der Waals surface area contributed by atoms with E-state index in [1.165, 1.54) is 12.1 Å². The first-order valence-electron chi connectivity index (χ1n) is 8.19. The summed E-state index contributed by atoms with van der Waals surface area (Å²) >= 11 is 0. The third-order valence-corrected chi connectivity index (χ3v) is 4.52. The normalized spacial score (nSPS) is 16.5. The van der Waals surface area contributed by atoms with Crippen LogP contribution in [0.2, 0.25) is 0 Å². The Morgan fingerprint density at radius 2 is 2.04 bits per heavy atom. The van der Waals surface area contributed by atoms with Crippen molar-refractivity contribution in [3.05, 3.63) is 70.4 Å². The molecule has 0 unspecified atom stereocenters. The van der Waals surface area contributed by atoms with Gasteiger partial charge in [0.1, 0.15) is 23.2 Å². The van der Waals surface area contributed by atoms with Gasteiger partial charge in [-0.2, -0.15) is 18.4 Å². The van der Waals surface area contributed by atoms with Crippen LogP contribution in [0.25, 0.3) is 11.3 Å². The second-order valence-electron chi connectivity index (χ2n) is 6.27. The van der Waals surface area contributed by atoms with Gasteiger partial charge in [-0.1, -0.05) is 12.1 Å². The zero-order valence-corrected chi connectivity index (χ0v) is 14.5. The molecule has 0 amide bonds. The van der Waals surface area contributed by atoms with Crippen LogP contribution < -0.4 is 10.5 Å². The zero-order valence-electron chi connectivity index (χ0n) is 14.5. The summed E-state index contributed by atoms with van der Waals surface area (Å²) in [4.78, 5) is 0. The molecule has 3 heterocycles. The number of nitriles is 1. The molecule has 1 aromatic carbocycles. The lowest BCUT2D eigenvalue weighted by Crippen LogP contribution is -2.20. The second-order valence-corrected chi connectivity index (χ2v) is 6.27. The maximum atomic E-state index is 13.0. The highest BCUT2D eigenvalue weighted by Gasteiger charge is 2.36. The molecule has 6 nitrogen and oxygen atoms in total. The fourth-order valence-electron chi connectivity index (χ4n) is 3.20. The van der Waals surface area contributed by atoms with E-state index >= 15 is 0 Å². The van der Waals surface area contributed by atoms with Gasteiger partial charge in [-0.05, 0) is 31.2 Å². The average molecular weight is 386 g/mol. The van der Waals surface area contributed by atoms with Gasteiger partial charge in [0.2, 0.25) is 11.8 Å². The standard InChI is InChI=1S/C19H13F3N4O2/c1-9-15-16(12(8-23)17(24)28-18(15)26-25-9)14-6-5-13(27-14)10-3-2-4-11(7-10)19(20,21)22/h2-7,16H,24H2,1H3,(H,25,26)/t16-/m0/s1. The van der Waals surface area contributed by atoms with Crippen LogP contribution in [0.1, 0.15) is 28.5 Å². The lowest BCUT2D eigenvalue weighted by atomic mass is 9.88. The molecule has 0 spiro atoms. The van der Waals surface area contributed by atoms with Gasteiger partial charge in [0.15, 0.2) is 0 Å². The largest absolute Gasteiger partial charge is 0.460 e. The summed E-state index contributed by atoms with van der Waals surface area (Å²) in [6.45, 7) is 1.76. The predicted octanol–water partition coefficient (Wildman–Crippen LogP) is 4.22. The number of allylic oxidation sites excluding steroid dienone is 1. The maximum Gasteiger partial charge on any atom is 0.416 e. The van der Waals surface area contributed by atoms with E-state index in [4.69, 9.17) is 14.9 Å². The van der Waals surface area contributed by atoms with Crippen molar-refractivity contribution in [2.75, 3.05) is 0 Å². The Morgan fingerprint density at radius 1 is 1.25 bits per heavy atom. The number of nitrogens with zero attached hydrogens (tertiary/aromatic N) is 2. The Bertz CT molecular complexity index is 1130. The van der Waals surface area contributed by atoms with Gasteiger partial charge >= 0.3 is 6.18 Å². The van der Waals surface area contributed by atoms with Gasteiger partial charge in [-0.15, -0.1) is 5.10 Å². The molecule has 142 valence electrons. The number of hydrogen-bond acceptors (Lipinski definition) is 5. The molecule has 0 fully saturated rings. The van der Waals surface area contributed by atoms with Crippen LogP contribution in [0.15, 0.2) is 52.3 Å². The number of fused-ring (bicyclic) bond motifs is 1. The molecule has 3 N–H and O–H groups in total. The minimum atomic E-state index is -4.46. The molecule has 2 aromatic heterocycles. The summed E-state index contributed by atoms with van der Waals surface area (Å²) in [6.07, 6.45) is -4.46. The topological polar surface area (TPSA) is 101 Å². The van der Waals surface area contributed by atoms with Crippen molar-refractivity contribution < 1.29 is 22.3 Å². The van der Waals surface area contributed by atoms with Crippen molar-refractivity contribution in [2.24, 2.45) is 5.73 Å². The van der Waals surface area contributed by atoms with Gasteiger partial charge in [0.25, 0.3) is 0 Å². The fourth-order valence-corrected chi connectivity index (χ4v) is 3.20. The first kappa shape index (κ1) is 17.7. The van der Waals surface area contributed by atoms with Crippen LogP contribution in [-0.2, 0) is 6.18 Å². The smallest absolute Gasteiger partial charge is 0.416 e. The highest BCUT2D eigenvalue weighted by Crippen LogP contribution is 2.44. The molecule has 1 aliphatic heterocycles. The molecule has 4 rings (SSSR count). The van der Waals surface area contributed by atoms with Gasteiger partial charge in [0, 0.05) is 11.3 Å². The van der Waals surface area contributed by atoms with Gasteiger partial charge in [0.05, 0.1) is 17.0 Å². The van der Waals surface area contributed by atoms with Crippen molar-refractivity contribution in [2.45, 2.75) is 19.0 Å². The van der Waals surface area contributed by atoms with Crippen molar-refractivity contribution in [3.63, 3.8) is 0 Å².